The number of esters is 1. The van der Waals surface area contributed by atoms with E-state index < -0.39 is 35.3 Å². The Morgan fingerprint density at radius 2 is 1.68 bits per heavy atom. The molecule has 298 valence electrons. The Hall–Kier alpha value is -5.09. The van der Waals surface area contributed by atoms with E-state index >= 15 is 4.39 Å². The minimum atomic E-state index is -5.08. The van der Waals surface area contributed by atoms with E-state index in [1.54, 1.807) is 43.8 Å². The Bertz CT molecular complexity index is 2170. The quantitative estimate of drug-likeness (QED) is 0.0743. The third-order valence-electron chi connectivity index (χ3n) is 8.35. The van der Waals surface area contributed by atoms with Crippen molar-refractivity contribution in [2.75, 3.05) is 6.54 Å². The molecule has 0 aliphatic heterocycles. The number of benzene rings is 3. The van der Waals surface area contributed by atoms with Gasteiger partial charge in [0.1, 0.15) is 29.5 Å². The smallest absolute Gasteiger partial charge is 0.490 e. The van der Waals surface area contributed by atoms with E-state index in [1.807, 2.05) is 49.8 Å². The topological polar surface area (TPSA) is 154 Å². The largest absolute Gasteiger partial charge is 1.00 e. The number of carbonyl (C=O) groups is 2. The zero-order chi connectivity index (χ0) is 40.7. The number of hydrogen-bond donors (Lipinski definition) is 3. The van der Waals surface area contributed by atoms with Gasteiger partial charge in [-0.05, 0) is 60.9 Å². The fraction of sp³-hybridized carbons (Fsp3) is 0.316. The van der Waals surface area contributed by atoms with Crippen molar-refractivity contribution >= 4 is 23.3 Å². The van der Waals surface area contributed by atoms with Gasteiger partial charge in [0.15, 0.2) is 0 Å². The molecule has 0 spiro atoms. The molecule has 2 heterocycles. The molecule has 5 rings (SSSR count). The number of carbonyl (C=O) groups excluding carboxylic acids is 1. The average Bonchev–Trinajstić information content (AvgIpc) is 3.78. The van der Waals surface area contributed by atoms with Crippen LogP contribution in [-0.4, -0.2) is 55.7 Å². The normalized spacial score (nSPS) is 12.8. The van der Waals surface area contributed by atoms with Crippen molar-refractivity contribution in [1.82, 2.24) is 20.1 Å². The van der Waals surface area contributed by atoms with Crippen molar-refractivity contribution in [3.63, 3.8) is 0 Å². The molecule has 5 aromatic rings. The zero-order valence-electron chi connectivity index (χ0n) is 30.7. The Morgan fingerprint density at radius 1 is 1.05 bits per heavy atom. The summed E-state index contributed by atoms with van der Waals surface area (Å²) >= 11 is 1.32. The van der Waals surface area contributed by atoms with Gasteiger partial charge in [0.25, 0.3) is 6.33 Å². The predicted molar refractivity (Wildman–Crippen MR) is 191 cm³/mol. The summed E-state index contributed by atoms with van der Waals surface area (Å²) in [6.45, 7) is 9.83. The molecule has 0 aliphatic rings. The highest BCUT2D eigenvalue weighted by Gasteiger charge is 2.43. The maximum atomic E-state index is 15.3. The zero-order valence-corrected chi connectivity index (χ0v) is 33.1. The van der Waals surface area contributed by atoms with Crippen molar-refractivity contribution in [3.05, 3.63) is 117 Å². The Balaban J connectivity index is 0.000000960. The molecule has 0 aliphatic carbocycles. The number of nitrogens with zero attached hydrogens (tertiary/aromatic N) is 5. The number of thiazole rings is 1. The van der Waals surface area contributed by atoms with E-state index in [0.29, 0.717) is 28.6 Å². The second-order valence-electron chi connectivity index (χ2n) is 13.0. The molecule has 2 atom stereocenters. The van der Waals surface area contributed by atoms with Crippen LogP contribution in [0.25, 0.3) is 11.3 Å². The summed E-state index contributed by atoms with van der Waals surface area (Å²) in [7, 11) is 0. The van der Waals surface area contributed by atoms with E-state index in [0.717, 1.165) is 34.4 Å². The predicted octanol–water partition coefficient (Wildman–Crippen LogP) is 3.34. The molecule has 0 radical (unpaired) electrons. The van der Waals surface area contributed by atoms with Gasteiger partial charge in [0.2, 0.25) is 6.33 Å². The van der Waals surface area contributed by atoms with Crippen LogP contribution >= 0.6 is 11.3 Å². The van der Waals surface area contributed by atoms with E-state index in [2.05, 4.69) is 16.5 Å². The number of aliphatic hydroxyl groups is 1. The van der Waals surface area contributed by atoms with Gasteiger partial charge >= 0.3 is 18.1 Å². The van der Waals surface area contributed by atoms with Crippen LogP contribution in [0.5, 0.6) is 5.75 Å². The summed E-state index contributed by atoms with van der Waals surface area (Å²) in [5, 5.41) is 38.4. The molecule has 0 saturated heterocycles. The second kappa shape index (κ2) is 19.2. The highest BCUT2D eigenvalue weighted by Crippen LogP contribution is 2.41. The molecule has 3 N–H and O–H groups in total. The highest BCUT2D eigenvalue weighted by molar-refractivity contribution is 7.10. The standard InChI is InChI=1S/C36H37F2N6O3S.C2HF3O2.BrH/c1-22(2)40-16-33(45)47-34-23(3)12-27(13-24(34)4)17-43-20-41-44(21-43)19-36(46,30-11-10-29(37)14-31(30)38)25(5)35-42-32(18-48-35)28-8-6-26(15-39)7-9-28;3-2(4,5)1(6)7;/h6-14,18,20-22,25,40,46H,16-17,19H2,1-5H3;(H,6,7);1H/q+1;;/p-1. The van der Waals surface area contributed by atoms with Crippen LogP contribution in [0.4, 0.5) is 22.0 Å². The first-order chi connectivity index (χ1) is 25.8. The number of rotatable bonds is 12. The maximum Gasteiger partial charge on any atom is 0.490 e. The van der Waals surface area contributed by atoms with Crippen LogP contribution in [0.3, 0.4) is 0 Å². The van der Waals surface area contributed by atoms with E-state index in [-0.39, 0.29) is 47.6 Å². The number of nitrogens with one attached hydrogen (secondary N) is 1. The van der Waals surface area contributed by atoms with Crippen LogP contribution in [0.15, 0.2) is 72.6 Å². The van der Waals surface area contributed by atoms with Crippen molar-refractivity contribution in [1.29, 1.82) is 5.26 Å². The number of carboxylic acid groups (broad SMARTS) is 1. The van der Waals surface area contributed by atoms with Gasteiger partial charge in [-0.2, -0.15) is 18.4 Å². The van der Waals surface area contributed by atoms with Gasteiger partial charge in [0.05, 0.1) is 35.4 Å². The molecular formula is C38H38BrF5N6O5S. The van der Waals surface area contributed by atoms with Crippen molar-refractivity contribution in [3.8, 4) is 23.1 Å². The number of nitriles is 1. The summed E-state index contributed by atoms with van der Waals surface area (Å²) in [5.74, 6) is -4.93. The number of halogens is 6. The van der Waals surface area contributed by atoms with E-state index in [4.69, 9.17) is 24.9 Å². The second-order valence-corrected chi connectivity index (χ2v) is 13.9. The average molecular weight is 866 g/mol. The molecule has 0 fully saturated rings. The van der Waals surface area contributed by atoms with Gasteiger partial charge in [-0.15, -0.1) is 16.0 Å². The van der Waals surface area contributed by atoms with E-state index in [9.17, 15) is 27.5 Å². The molecule has 0 bridgehead atoms. The van der Waals surface area contributed by atoms with Crippen LogP contribution in [0.2, 0.25) is 0 Å². The Kier molecular flexibility index (Phi) is 15.5. The lowest BCUT2D eigenvalue weighted by Crippen LogP contribution is -3.00. The number of carboxylic acids is 1. The molecular weight excluding hydrogens is 827 g/mol. The number of aryl methyl sites for hydroxylation is 2. The summed E-state index contributed by atoms with van der Waals surface area (Å²) in [6, 6.07) is 16.3. The van der Waals surface area contributed by atoms with Crippen LogP contribution in [-0.2, 0) is 28.3 Å². The minimum Gasteiger partial charge on any atom is -1.00 e. The Labute approximate surface area is 333 Å². The summed E-state index contributed by atoms with van der Waals surface area (Å²) in [6.07, 6.45) is -1.77. The number of hydrogen-bond acceptors (Lipinski definition) is 9. The lowest BCUT2D eigenvalue weighted by atomic mass is 9.82. The minimum absolute atomic E-state index is 0. The van der Waals surface area contributed by atoms with Gasteiger partial charge < -0.3 is 37.2 Å². The van der Waals surface area contributed by atoms with Crippen molar-refractivity contribution in [2.45, 2.75) is 71.4 Å². The first kappa shape index (κ1) is 45.3. The van der Waals surface area contributed by atoms with Gasteiger partial charge in [-0.25, -0.2) is 23.1 Å². The van der Waals surface area contributed by atoms with Crippen molar-refractivity contribution in [2.24, 2.45) is 0 Å². The molecule has 3 aromatic carbocycles. The molecule has 56 heavy (non-hydrogen) atoms. The third kappa shape index (κ3) is 11.7. The SMILES string of the molecule is Cc1cc(C[n+]2cnn(CC(O)(c3ccc(F)cc3F)C(C)c3nc(-c4ccc(C#N)cc4)cs3)c2)cc(C)c1OC(=O)CNC(C)C.O=C(O)C(F)(F)F.[Br-]. The lowest BCUT2D eigenvalue weighted by molar-refractivity contribution is -0.689. The molecule has 2 unspecified atom stereocenters. The number of aromatic nitrogens is 4. The van der Waals surface area contributed by atoms with Gasteiger partial charge in [-0.1, -0.05) is 39.0 Å². The molecule has 0 saturated carbocycles. The summed E-state index contributed by atoms with van der Waals surface area (Å²) in [4.78, 5) is 25.9. The van der Waals surface area contributed by atoms with Crippen LogP contribution in [0.1, 0.15) is 59.5 Å². The van der Waals surface area contributed by atoms with Gasteiger partial charge in [0, 0.05) is 39.6 Å². The maximum absolute atomic E-state index is 15.3. The summed E-state index contributed by atoms with van der Waals surface area (Å²) < 4.78 is 70.0. The monoisotopic (exact) mass is 864 g/mol. The van der Waals surface area contributed by atoms with Crippen LogP contribution < -0.4 is 31.6 Å². The number of alkyl halides is 3. The third-order valence-corrected chi connectivity index (χ3v) is 9.37. The molecule has 18 heteroatoms. The molecule has 2 aromatic heterocycles. The lowest BCUT2D eigenvalue weighted by Gasteiger charge is -2.32. The first-order valence-electron chi connectivity index (χ1n) is 16.7. The fourth-order valence-electron chi connectivity index (χ4n) is 5.55. The molecule has 0 amide bonds. The van der Waals surface area contributed by atoms with E-state index in [1.165, 1.54) is 22.1 Å². The van der Waals surface area contributed by atoms with Gasteiger partial charge in [-0.3, -0.25) is 4.79 Å². The highest BCUT2D eigenvalue weighted by atomic mass is 79.9. The molecule has 11 nitrogen and oxygen atoms in total. The van der Waals surface area contributed by atoms with Crippen LogP contribution in [0, 0.1) is 36.8 Å². The summed E-state index contributed by atoms with van der Waals surface area (Å²) in [5.41, 5.74) is 2.62. The number of ether oxygens (including phenoxy) is 1. The number of aliphatic carboxylic acids is 1. The Morgan fingerprint density at radius 3 is 2.23 bits per heavy atom. The fourth-order valence-corrected chi connectivity index (χ4v) is 6.52. The van der Waals surface area contributed by atoms with Crippen molar-refractivity contribution < 1.29 is 68.0 Å². The first-order valence-corrected chi connectivity index (χ1v) is 17.6.